The van der Waals surface area contributed by atoms with Crippen LogP contribution in [0.2, 0.25) is 0 Å². The van der Waals surface area contributed by atoms with Gasteiger partial charge in [-0.05, 0) is 56.0 Å². The molecule has 0 amide bonds. The van der Waals surface area contributed by atoms with E-state index in [1.54, 1.807) is 0 Å². The van der Waals surface area contributed by atoms with Gasteiger partial charge >= 0.3 is 0 Å². The summed E-state index contributed by atoms with van der Waals surface area (Å²) in [7, 11) is 0. The summed E-state index contributed by atoms with van der Waals surface area (Å²) < 4.78 is 12.1. The largest absolute Gasteiger partial charge is 0.303 e. The van der Waals surface area contributed by atoms with Crippen LogP contribution in [0.1, 0.15) is 36.3 Å². The molecule has 0 bridgehead atoms. The first kappa shape index (κ1) is 13.1. The van der Waals surface area contributed by atoms with Gasteiger partial charge in [-0.25, -0.2) is 0 Å². The second-order valence-electron chi connectivity index (χ2n) is 4.92. The molecule has 1 aliphatic rings. The predicted octanol–water partition coefficient (Wildman–Crippen LogP) is 3.21. The molecule has 96 valence electrons. The lowest BCUT2D eigenvalue weighted by molar-refractivity contribution is 0.204. The maximum atomic E-state index is 12.1. The molecule has 0 atom stereocenters. The van der Waals surface area contributed by atoms with Crippen molar-refractivity contribution in [2.45, 2.75) is 25.2 Å². The van der Waals surface area contributed by atoms with Gasteiger partial charge in [-0.3, -0.25) is 4.39 Å². The van der Waals surface area contributed by atoms with E-state index in [1.807, 2.05) is 12.1 Å². The minimum Gasteiger partial charge on any atom is -0.303 e. The van der Waals surface area contributed by atoms with Crippen molar-refractivity contribution < 1.29 is 4.39 Å². The fourth-order valence-corrected chi connectivity index (χ4v) is 2.62. The quantitative estimate of drug-likeness (QED) is 0.736. The number of hydrogen-bond acceptors (Lipinski definition) is 1. The average Bonchev–Trinajstić information content (AvgIpc) is 2.46. The van der Waals surface area contributed by atoms with E-state index in [0.717, 1.165) is 25.2 Å². The third-order valence-corrected chi connectivity index (χ3v) is 3.74. The molecule has 2 rings (SSSR count). The van der Waals surface area contributed by atoms with Gasteiger partial charge < -0.3 is 4.90 Å². The second kappa shape index (κ2) is 6.56. The van der Waals surface area contributed by atoms with Crippen LogP contribution in [0.15, 0.2) is 24.3 Å². The fraction of sp³-hybridized carbons (Fsp3) is 0.500. The lowest BCUT2D eigenvalue weighted by atomic mass is 9.89. The van der Waals surface area contributed by atoms with Crippen molar-refractivity contribution in [1.29, 1.82) is 0 Å². The first-order chi connectivity index (χ1) is 8.83. The van der Waals surface area contributed by atoms with Gasteiger partial charge in [0.25, 0.3) is 0 Å². The molecule has 0 radical (unpaired) electrons. The van der Waals surface area contributed by atoms with Gasteiger partial charge in [0.15, 0.2) is 0 Å². The Bertz CT molecular complexity index is 396. The molecule has 1 heterocycles. The summed E-state index contributed by atoms with van der Waals surface area (Å²) in [5, 5.41) is 0. The Kier molecular flexibility index (Phi) is 4.78. The summed E-state index contributed by atoms with van der Waals surface area (Å²) in [6, 6.07) is 8.34. The summed E-state index contributed by atoms with van der Waals surface area (Å²) in [5.74, 6) is 3.28. The number of halogens is 1. The highest BCUT2D eigenvalue weighted by atomic mass is 19.1. The molecule has 1 fully saturated rings. The molecule has 0 aromatic heterocycles. The second-order valence-corrected chi connectivity index (χ2v) is 4.92. The van der Waals surface area contributed by atoms with Crippen LogP contribution in [0.3, 0.4) is 0 Å². The van der Waals surface area contributed by atoms with Crippen LogP contribution in [0.5, 0.6) is 0 Å². The Balaban J connectivity index is 1.87. The number of rotatable bonds is 4. The van der Waals surface area contributed by atoms with E-state index < -0.39 is 0 Å². The van der Waals surface area contributed by atoms with Gasteiger partial charge in [0.2, 0.25) is 0 Å². The first-order valence-corrected chi connectivity index (χ1v) is 6.68. The van der Waals surface area contributed by atoms with Gasteiger partial charge in [0, 0.05) is 12.1 Å². The molecular formula is C16H20FN. The summed E-state index contributed by atoms with van der Waals surface area (Å²) >= 11 is 0. The Morgan fingerprint density at radius 1 is 1.22 bits per heavy atom. The maximum absolute atomic E-state index is 12.1. The van der Waals surface area contributed by atoms with Crippen molar-refractivity contribution in [2.24, 2.45) is 0 Å². The molecule has 1 aromatic carbocycles. The van der Waals surface area contributed by atoms with Gasteiger partial charge in [0.1, 0.15) is 0 Å². The number of hydrogen-bond donors (Lipinski definition) is 0. The molecule has 1 aromatic rings. The standard InChI is InChI=1S/C16H20FN/c1-2-14-4-6-15(7-5-14)16-8-12-18(13-9-16)11-3-10-17/h1,4-7,16H,3,8-13H2. The molecular weight excluding hydrogens is 225 g/mol. The highest BCUT2D eigenvalue weighted by Gasteiger charge is 2.19. The summed E-state index contributed by atoms with van der Waals surface area (Å²) in [6.07, 6.45) is 8.36. The highest BCUT2D eigenvalue weighted by molar-refractivity contribution is 5.35. The summed E-state index contributed by atoms with van der Waals surface area (Å²) in [4.78, 5) is 2.37. The van der Waals surface area contributed by atoms with E-state index in [9.17, 15) is 4.39 Å². The zero-order chi connectivity index (χ0) is 12.8. The van der Waals surface area contributed by atoms with E-state index in [-0.39, 0.29) is 6.67 Å². The number of piperidine rings is 1. The number of alkyl halides is 1. The smallest absolute Gasteiger partial charge is 0.0906 e. The molecule has 0 spiro atoms. The third kappa shape index (κ3) is 3.34. The summed E-state index contributed by atoms with van der Waals surface area (Å²) in [5.41, 5.74) is 2.33. The molecule has 0 unspecified atom stereocenters. The molecule has 0 saturated carbocycles. The van der Waals surface area contributed by atoms with Crippen LogP contribution in [-0.4, -0.2) is 31.2 Å². The highest BCUT2D eigenvalue weighted by Crippen LogP contribution is 2.28. The lowest BCUT2D eigenvalue weighted by Gasteiger charge is -2.32. The van der Waals surface area contributed by atoms with Crippen molar-refractivity contribution in [3.8, 4) is 12.3 Å². The van der Waals surface area contributed by atoms with Crippen LogP contribution in [0.25, 0.3) is 0 Å². The summed E-state index contributed by atoms with van der Waals surface area (Å²) in [6.45, 7) is 2.87. The van der Waals surface area contributed by atoms with E-state index in [2.05, 4.69) is 23.0 Å². The lowest BCUT2D eigenvalue weighted by Crippen LogP contribution is -2.33. The van der Waals surface area contributed by atoms with Gasteiger partial charge in [-0.2, -0.15) is 0 Å². The Hall–Kier alpha value is -1.33. The van der Waals surface area contributed by atoms with Crippen molar-refractivity contribution in [3.63, 3.8) is 0 Å². The van der Waals surface area contributed by atoms with E-state index >= 15 is 0 Å². The normalized spacial score (nSPS) is 17.6. The van der Waals surface area contributed by atoms with Crippen molar-refractivity contribution in [2.75, 3.05) is 26.3 Å². The monoisotopic (exact) mass is 245 g/mol. The van der Waals surface area contributed by atoms with E-state index in [0.29, 0.717) is 12.3 Å². The molecule has 1 nitrogen and oxygen atoms in total. The average molecular weight is 245 g/mol. The van der Waals surface area contributed by atoms with Crippen LogP contribution in [-0.2, 0) is 0 Å². The number of benzene rings is 1. The minimum atomic E-state index is -0.201. The Labute approximate surface area is 109 Å². The molecule has 1 aliphatic heterocycles. The maximum Gasteiger partial charge on any atom is 0.0906 e. The molecule has 0 aliphatic carbocycles. The molecule has 1 saturated heterocycles. The molecule has 18 heavy (non-hydrogen) atoms. The molecule has 2 heteroatoms. The number of nitrogens with zero attached hydrogens (tertiary/aromatic N) is 1. The topological polar surface area (TPSA) is 3.24 Å². The van der Waals surface area contributed by atoms with Crippen LogP contribution < -0.4 is 0 Å². The van der Waals surface area contributed by atoms with Crippen molar-refractivity contribution >= 4 is 0 Å². The minimum absolute atomic E-state index is 0.201. The Morgan fingerprint density at radius 2 is 1.89 bits per heavy atom. The number of terminal acetylenes is 1. The SMILES string of the molecule is C#Cc1ccc(C2CCN(CCCF)CC2)cc1. The first-order valence-electron chi connectivity index (χ1n) is 6.68. The van der Waals surface area contributed by atoms with Gasteiger partial charge in [-0.1, -0.05) is 18.1 Å². The fourth-order valence-electron chi connectivity index (χ4n) is 2.62. The zero-order valence-corrected chi connectivity index (χ0v) is 10.7. The third-order valence-electron chi connectivity index (χ3n) is 3.74. The molecule has 0 N–H and O–H groups in total. The van der Waals surface area contributed by atoms with Crippen LogP contribution in [0.4, 0.5) is 4.39 Å². The van der Waals surface area contributed by atoms with Gasteiger partial charge in [0.05, 0.1) is 6.67 Å². The van der Waals surface area contributed by atoms with Crippen molar-refractivity contribution in [1.82, 2.24) is 4.90 Å². The Morgan fingerprint density at radius 3 is 2.44 bits per heavy atom. The van der Waals surface area contributed by atoms with E-state index in [4.69, 9.17) is 6.42 Å². The van der Waals surface area contributed by atoms with Crippen molar-refractivity contribution in [3.05, 3.63) is 35.4 Å². The number of likely N-dealkylation sites (tertiary alicyclic amines) is 1. The zero-order valence-electron chi connectivity index (χ0n) is 10.7. The van der Waals surface area contributed by atoms with Gasteiger partial charge in [-0.15, -0.1) is 6.42 Å². The van der Waals surface area contributed by atoms with E-state index in [1.165, 1.54) is 18.4 Å². The predicted molar refractivity (Wildman–Crippen MR) is 73.4 cm³/mol. The van der Waals surface area contributed by atoms with Crippen LogP contribution in [0, 0.1) is 12.3 Å². The van der Waals surface area contributed by atoms with Crippen LogP contribution >= 0.6 is 0 Å².